The summed E-state index contributed by atoms with van der Waals surface area (Å²) in [7, 11) is -3.98. The number of amides is 1. The van der Waals surface area contributed by atoms with E-state index in [9.17, 15) is 13.2 Å². The molecule has 1 N–H and O–H groups in total. The number of aryl methyl sites for hydroxylation is 2. The number of carbonyl (C=O) groups excluding carboxylic acids is 1. The van der Waals surface area contributed by atoms with E-state index in [0.717, 1.165) is 16.7 Å². The third-order valence-corrected chi connectivity index (χ3v) is 7.28. The zero-order chi connectivity index (χ0) is 24.5. The standard InChI is InChI=1S/C28H28N2O3S/c1-19(2)29-28(31)26-25(22-14-10-20(3)11-15-22)18-30(27(26)23-8-6-5-7-9-23)34(32,33)24-16-12-21(4)13-17-24/h5-19H,1-4H3,(H,29,31). The minimum Gasteiger partial charge on any atom is -0.350 e. The summed E-state index contributed by atoms with van der Waals surface area (Å²) in [5.74, 6) is -0.317. The van der Waals surface area contributed by atoms with Gasteiger partial charge in [-0.15, -0.1) is 0 Å². The molecule has 0 spiro atoms. The Labute approximate surface area is 201 Å². The lowest BCUT2D eigenvalue weighted by molar-refractivity contribution is 0.0944. The molecule has 6 heteroatoms. The average Bonchev–Trinajstić information content (AvgIpc) is 3.22. The van der Waals surface area contributed by atoms with Crippen LogP contribution < -0.4 is 5.32 Å². The first kappa shape index (κ1) is 23.5. The lowest BCUT2D eigenvalue weighted by Crippen LogP contribution is -2.30. The van der Waals surface area contributed by atoms with E-state index < -0.39 is 10.0 Å². The van der Waals surface area contributed by atoms with Crippen LogP contribution in [0.1, 0.15) is 35.3 Å². The van der Waals surface area contributed by atoms with E-state index in [4.69, 9.17) is 0 Å². The highest BCUT2D eigenvalue weighted by Gasteiger charge is 2.30. The zero-order valence-electron chi connectivity index (χ0n) is 19.7. The van der Waals surface area contributed by atoms with Gasteiger partial charge < -0.3 is 5.32 Å². The van der Waals surface area contributed by atoms with Gasteiger partial charge in [0, 0.05) is 23.4 Å². The Kier molecular flexibility index (Phi) is 6.44. The van der Waals surface area contributed by atoms with E-state index in [1.807, 2.05) is 82.3 Å². The lowest BCUT2D eigenvalue weighted by Gasteiger charge is -2.14. The maximum atomic E-state index is 13.9. The largest absolute Gasteiger partial charge is 0.350 e. The van der Waals surface area contributed by atoms with Crippen LogP contribution in [0.5, 0.6) is 0 Å². The van der Waals surface area contributed by atoms with Crippen molar-refractivity contribution in [1.82, 2.24) is 9.29 Å². The van der Waals surface area contributed by atoms with Crippen LogP contribution in [-0.2, 0) is 10.0 Å². The molecular formula is C28H28N2O3S. The van der Waals surface area contributed by atoms with Crippen molar-refractivity contribution in [3.63, 3.8) is 0 Å². The first-order valence-electron chi connectivity index (χ1n) is 11.2. The molecule has 0 aliphatic rings. The number of carbonyl (C=O) groups is 1. The van der Waals surface area contributed by atoms with Crippen LogP contribution in [0.4, 0.5) is 0 Å². The van der Waals surface area contributed by atoms with Gasteiger partial charge in [-0.05, 0) is 45.4 Å². The highest BCUT2D eigenvalue weighted by molar-refractivity contribution is 7.90. The highest BCUT2D eigenvalue weighted by atomic mass is 32.2. The zero-order valence-corrected chi connectivity index (χ0v) is 20.6. The second kappa shape index (κ2) is 9.31. The molecule has 3 aromatic carbocycles. The van der Waals surface area contributed by atoms with Gasteiger partial charge >= 0.3 is 0 Å². The molecule has 4 rings (SSSR count). The maximum absolute atomic E-state index is 13.9. The summed E-state index contributed by atoms with van der Waals surface area (Å²) in [6.45, 7) is 7.65. The van der Waals surface area contributed by atoms with Crippen molar-refractivity contribution in [2.24, 2.45) is 0 Å². The molecule has 0 aliphatic carbocycles. The molecule has 0 unspecified atom stereocenters. The summed E-state index contributed by atoms with van der Waals surface area (Å²) in [6.07, 6.45) is 1.57. The maximum Gasteiger partial charge on any atom is 0.268 e. The number of nitrogens with one attached hydrogen (secondary N) is 1. The number of hydrogen-bond acceptors (Lipinski definition) is 3. The number of rotatable bonds is 6. The molecule has 1 aromatic heterocycles. The second-order valence-electron chi connectivity index (χ2n) is 8.74. The van der Waals surface area contributed by atoms with Gasteiger partial charge in [0.1, 0.15) is 0 Å². The van der Waals surface area contributed by atoms with Crippen molar-refractivity contribution in [3.8, 4) is 22.4 Å². The topological polar surface area (TPSA) is 68.2 Å². The summed E-state index contributed by atoms with van der Waals surface area (Å²) in [5, 5.41) is 2.96. The van der Waals surface area contributed by atoms with Crippen LogP contribution >= 0.6 is 0 Å². The van der Waals surface area contributed by atoms with Crippen LogP contribution in [0.2, 0.25) is 0 Å². The SMILES string of the molecule is Cc1ccc(-c2cn(S(=O)(=O)c3ccc(C)cc3)c(-c3ccccc3)c2C(=O)NC(C)C)cc1. The molecule has 0 saturated carbocycles. The lowest BCUT2D eigenvalue weighted by atomic mass is 9.98. The fraction of sp³-hybridized carbons (Fsp3) is 0.179. The summed E-state index contributed by atoms with van der Waals surface area (Å²) >= 11 is 0. The first-order chi connectivity index (χ1) is 16.2. The molecule has 4 aromatic rings. The van der Waals surface area contributed by atoms with Crippen molar-refractivity contribution in [1.29, 1.82) is 0 Å². The molecule has 5 nitrogen and oxygen atoms in total. The monoisotopic (exact) mass is 472 g/mol. The average molecular weight is 473 g/mol. The first-order valence-corrected chi connectivity index (χ1v) is 12.6. The summed E-state index contributed by atoms with van der Waals surface area (Å²) in [4.78, 5) is 13.7. The molecule has 0 radical (unpaired) electrons. The Balaban J connectivity index is 2.07. The summed E-state index contributed by atoms with van der Waals surface area (Å²) < 4.78 is 29.0. The van der Waals surface area contributed by atoms with Crippen LogP contribution in [0.15, 0.2) is 90.0 Å². The van der Waals surface area contributed by atoms with Crippen molar-refractivity contribution in [3.05, 3.63) is 102 Å². The van der Waals surface area contributed by atoms with Crippen molar-refractivity contribution < 1.29 is 13.2 Å². The highest BCUT2D eigenvalue weighted by Crippen LogP contribution is 2.37. The normalized spacial score (nSPS) is 11.6. The predicted molar refractivity (Wildman–Crippen MR) is 136 cm³/mol. The molecule has 1 amide bonds. The second-order valence-corrected chi connectivity index (χ2v) is 10.6. The summed E-state index contributed by atoms with van der Waals surface area (Å²) in [6, 6.07) is 23.5. The molecule has 0 bridgehead atoms. The Hall–Kier alpha value is -3.64. The van der Waals surface area contributed by atoms with E-state index in [-0.39, 0.29) is 16.8 Å². The van der Waals surface area contributed by atoms with Crippen molar-refractivity contribution in [2.75, 3.05) is 0 Å². The third kappa shape index (κ3) is 4.54. The predicted octanol–water partition coefficient (Wildman–Crippen LogP) is 5.81. The molecule has 174 valence electrons. The Bertz CT molecular complexity index is 1420. The van der Waals surface area contributed by atoms with Gasteiger partial charge in [0.05, 0.1) is 16.2 Å². The Morgan fingerprint density at radius 1 is 0.794 bits per heavy atom. The van der Waals surface area contributed by atoms with E-state index >= 15 is 0 Å². The van der Waals surface area contributed by atoms with Crippen LogP contribution in [0, 0.1) is 13.8 Å². The molecule has 34 heavy (non-hydrogen) atoms. The molecule has 0 fully saturated rings. The molecule has 0 atom stereocenters. The third-order valence-electron chi connectivity index (χ3n) is 5.61. The minimum atomic E-state index is -3.98. The van der Waals surface area contributed by atoms with Gasteiger partial charge in [-0.2, -0.15) is 0 Å². The van der Waals surface area contributed by atoms with Gasteiger partial charge in [-0.1, -0.05) is 77.9 Å². The van der Waals surface area contributed by atoms with E-state index in [1.54, 1.807) is 30.5 Å². The number of aromatic nitrogens is 1. The molecule has 0 aliphatic heterocycles. The fourth-order valence-electron chi connectivity index (χ4n) is 3.88. The van der Waals surface area contributed by atoms with Gasteiger partial charge in [-0.3, -0.25) is 4.79 Å². The number of benzene rings is 3. The van der Waals surface area contributed by atoms with Crippen molar-refractivity contribution in [2.45, 2.75) is 38.6 Å². The minimum absolute atomic E-state index is 0.112. The fourth-order valence-corrected chi connectivity index (χ4v) is 5.27. The van der Waals surface area contributed by atoms with E-state index in [2.05, 4.69) is 5.32 Å². The summed E-state index contributed by atoms with van der Waals surface area (Å²) in [5.41, 5.74) is 4.70. The number of hydrogen-bond donors (Lipinski definition) is 1. The molecule has 0 saturated heterocycles. The Morgan fingerprint density at radius 2 is 1.35 bits per heavy atom. The van der Waals surface area contributed by atoms with Gasteiger partial charge in [0.2, 0.25) is 0 Å². The molecule has 1 heterocycles. The van der Waals surface area contributed by atoms with Gasteiger partial charge in [0.15, 0.2) is 0 Å². The van der Waals surface area contributed by atoms with Crippen molar-refractivity contribution >= 4 is 15.9 Å². The van der Waals surface area contributed by atoms with E-state index in [1.165, 1.54) is 3.97 Å². The van der Waals surface area contributed by atoms with Gasteiger partial charge in [-0.25, -0.2) is 12.4 Å². The molecular weight excluding hydrogens is 444 g/mol. The van der Waals surface area contributed by atoms with Gasteiger partial charge in [0.25, 0.3) is 15.9 Å². The quantitative estimate of drug-likeness (QED) is 0.385. The van der Waals surface area contributed by atoms with Crippen LogP contribution in [0.25, 0.3) is 22.4 Å². The van der Waals surface area contributed by atoms with Crippen LogP contribution in [-0.4, -0.2) is 24.3 Å². The van der Waals surface area contributed by atoms with Crippen LogP contribution in [0.3, 0.4) is 0 Å². The smallest absolute Gasteiger partial charge is 0.268 e. The number of nitrogens with zero attached hydrogens (tertiary/aromatic N) is 1. The Morgan fingerprint density at radius 3 is 1.91 bits per heavy atom. The van der Waals surface area contributed by atoms with E-state index in [0.29, 0.717) is 22.4 Å².